The van der Waals surface area contributed by atoms with E-state index in [0.717, 1.165) is 5.56 Å². The molecular formula is C16H19ClN2O2. The Balaban J connectivity index is 2.11. The first-order valence-corrected chi connectivity index (χ1v) is 7.05. The molecule has 2 N–H and O–H groups in total. The molecule has 0 aliphatic carbocycles. The van der Waals surface area contributed by atoms with E-state index in [1.807, 2.05) is 45.0 Å². The number of nitrogens with two attached hydrogens (primary N) is 1. The summed E-state index contributed by atoms with van der Waals surface area (Å²) in [6.07, 6.45) is 0. The van der Waals surface area contributed by atoms with E-state index in [0.29, 0.717) is 29.1 Å². The zero-order valence-electron chi connectivity index (χ0n) is 12.4. The summed E-state index contributed by atoms with van der Waals surface area (Å²) < 4.78 is 11.4. The summed E-state index contributed by atoms with van der Waals surface area (Å²) in [5.74, 6) is 0.822. The second kappa shape index (κ2) is 6.22. The van der Waals surface area contributed by atoms with Crippen LogP contribution < -0.4 is 15.2 Å². The third-order valence-electron chi connectivity index (χ3n) is 2.60. The fourth-order valence-corrected chi connectivity index (χ4v) is 1.84. The molecule has 0 radical (unpaired) electrons. The Morgan fingerprint density at radius 3 is 2.52 bits per heavy atom. The topological polar surface area (TPSA) is 57.4 Å². The van der Waals surface area contributed by atoms with E-state index in [1.54, 1.807) is 12.1 Å². The van der Waals surface area contributed by atoms with Crippen LogP contribution in [0.3, 0.4) is 0 Å². The van der Waals surface area contributed by atoms with E-state index in [4.69, 9.17) is 26.8 Å². The predicted molar refractivity (Wildman–Crippen MR) is 84.8 cm³/mol. The maximum Gasteiger partial charge on any atom is 0.241 e. The van der Waals surface area contributed by atoms with Crippen LogP contribution in [0.25, 0.3) is 0 Å². The minimum Gasteiger partial charge on any atom is -0.473 e. The number of hydrogen-bond acceptors (Lipinski definition) is 4. The minimum absolute atomic E-state index is 0.339. The van der Waals surface area contributed by atoms with Gasteiger partial charge in [-0.15, -0.1) is 0 Å². The number of ether oxygens (including phenoxy) is 2. The van der Waals surface area contributed by atoms with Gasteiger partial charge in [0.05, 0.1) is 5.69 Å². The average Bonchev–Trinajstić information content (AvgIpc) is 2.39. The zero-order chi connectivity index (χ0) is 15.5. The molecule has 0 amide bonds. The van der Waals surface area contributed by atoms with Gasteiger partial charge >= 0.3 is 0 Å². The second-order valence-electron chi connectivity index (χ2n) is 5.64. The SMILES string of the molecule is CC(C)(C)Oc1nc(OCc2ccccc2Cl)ccc1N. The quantitative estimate of drug-likeness (QED) is 0.925. The highest BCUT2D eigenvalue weighted by atomic mass is 35.5. The van der Waals surface area contributed by atoms with Gasteiger partial charge in [0.15, 0.2) is 0 Å². The third-order valence-corrected chi connectivity index (χ3v) is 2.97. The van der Waals surface area contributed by atoms with Gasteiger partial charge in [-0.3, -0.25) is 0 Å². The van der Waals surface area contributed by atoms with Crippen LogP contribution in [0.5, 0.6) is 11.8 Å². The van der Waals surface area contributed by atoms with Gasteiger partial charge in [-0.1, -0.05) is 29.8 Å². The molecule has 2 aromatic rings. The van der Waals surface area contributed by atoms with Crippen molar-refractivity contribution < 1.29 is 9.47 Å². The molecule has 5 heteroatoms. The highest BCUT2D eigenvalue weighted by Crippen LogP contribution is 2.26. The number of hydrogen-bond donors (Lipinski definition) is 1. The second-order valence-corrected chi connectivity index (χ2v) is 6.05. The van der Waals surface area contributed by atoms with Crippen molar-refractivity contribution in [3.05, 3.63) is 47.0 Å². The minimum atomic E-state index is -0.373. The van der Waals surface area contributed by atoms with E-state index in [2.05, 4.69) is 4.98 Å². The van der Waals surface area contributed by atoms with Crippen LogP contribution in [0.2, 0.25) is 5.02 Å². The third kappa shape index (κ3) is 4.53. The summed E-state index contributed by atoms with van der Waals surface area (Å²) in [4.78, 5) is 4.29. The molecule has 1 aromatic heterocycles. The van der Waals surface area contributed by atoms with Gasteiger partial charge in [0.1, 0.15) is 12.2 Å². The predicted octanol–water partition coefficient (Wildman–Crippen LogP) is 4.07. The summed E-state index contributed by atoms with van der Waals surface area (Å²) in [6.45, 7) is 6.15. The molecular weight excluding hydrogens is 288 g/mol. The van der Waals surface area contributed by atoms with E-state index in [-0.39, 0.29) is 5.60 Å². The highest BCUT2D eigenvalue weighted by Gasteiger charge is 2.16. The number of aromatic nitrogens is 1. The Bertz CT molecular complexity index is 624. The summed E-state index contributed by atoms with van der Waals surface area (Å²) in [6, 6.07) is 11.0. The van der Waals surface area contributed by atoms with Crippen molar-refractivity contribution in [1.82, 2.24) is 4.98 Å². The number of anilines is 1. The lowest BCUT2D eigenvalue weighted by Crippen LogP contribution is -2.24. The maximum atomic E-state index is 6.09. The van der Waals surface area contributed by atoms with Crippen LogP contribution in [-0.4, -0.2) is 10.6 Å². The van der Waals surface area contributed by atoms with Crippen LogP contribution in [0.15, 0.2) is 36.4 Å². The van der Waals surface area contributed by atoms with Crippen molar-refractivity contribution in [3.63, 3.8) is 0 Å². The first-order valence-electron chi connectivity index (χ1n) is 6.67. The molecule has 1 heterocycles. The van der Waals surface area contributed by atoms with Crippen molar-refractivity contribution in [2.24, 2.45) is 0 Å². The molecule has 1 aromatic carbocycles. The smallest absolute Gasteiger partial charge is 0.241 e. The normalized spacial score (nSPS) is 11.2. The lowest BCUT2D eigenvalue weighted by atomic mass is 10.2. The van der Waals surface area contributed by atoms with E-state index in [1.165, 1.54) is 0 Å². The molecule has 0 unspecified atom stereocenters. The largest absolute Gasteiger partial charge is 0.473 e. The van der Waals surface area contributed by atoms with Gasteiger partial charge in [-0.25, -0.2) is 0 Å². The van der Waals surface area contributed by atoms with Gasteiger partial charge in [0.25, 0.3) is 0 Å². The van der Waals surface area contributed by atoms with Crippen LogP contribution >= 0.6 is 11.6 Å². The van der Waals surface area contributed by atoms with Gasteiger partial charge in [0.2, 0.25) is 11.8 Å². The van der Waals surface area contributed by atoms with Crippen LogP contribution in [-0.2, 0) is 6.61 Å². The van der Waals surface area contributed by atoms with Crippen molar-refractivity contribution in [1.29, 1.82) is 0 Å². The van der Waals surface area contributed by atoms with Gasteiger partial charge in [-0.2, -0.15) is 4.98 Å². The molecule has 112 valence electrons. The van der Waals surface area contributed by atoms with Crippen LogP contribution in [0, 0.1) is 0 Å². The lowest BCUT2D eigenvalue weighted by Gasteiger charge is -2.21. The van der Waals surface area contributed by atoms with Crippen molar-refractivity contribution in [3.8, 4) is 11.8 Å². The van der Waals surface area contributed by atoms with Crippen molar-refractivity contribution >= 4 is 17.3 Å². The Kier molecular flexibility index (Phi) is 4.58. The molecule has 0 atom stereocenters. The number of halogens is 1. The highest BCUT2D eigenvalue weighted by molar-refractivity contribution is 6.31. The Morgan fingerprint density at radius 1 is 1.14 bits per heavy atom. The summed E-state index contributed by atoms with van der Waals surface area (Å²) in [5.41, 5.74) is 6.87. The number of benzene rings is 1. The Labute approximate surface area is 129 Å². The number of nitrogen functional groups attached to an aromatic ring is 1. The number of rotatable bonds is 4. The fraction of sp³-hybridized carbons (Fsp3) is 0.312. The number of nitrogens with zero attached hydrogens (tertiary/aromatic N) is 1. The molecule has 0 saturated carbocycles. The van der Waals surface area contributed by atoms with Crippen LogP contribution in [0.4, 0.5) is 5.69 Å². The molecule has 0 aliphatic heterocycles. The molecule has 0 aliphatic rings. The fourth-order valence-electron chi connectivity index (χ4n) is 1.65. The zero-order valence-corrected chi connectivity index (χ0v) is 13.1. The Morgan fingerprint density at radius 2 is 1.86 bits per heavy atom. The monoisotopic (exact) mass is 306 g/mol. The van der Waals surface area contributed by atoms with Crippen molar-refractivity contribution in [2.75, 3.05) is 5.73 Å². The van der Waals surface area contributed by atoms with E-state index >= 15 is 0 Å². The molecule has 2 rings (SSSR count). The average molecular weight is 307 g/mol. The standard InChI is InChI=1S/C16H19ClN2O2/c1-16(2,3)21-15-13(18)8-9-14(19-15)20-10-11-6-4-5-7-12(11)17/h4-9H,10,18H2,1-3H3. The maximum absolute atomic E-state index is 6.09. The molecule has 0 spiro atoms. The van der Waals surface area contributed by atoms with Gasteiger partial charge in [0, 0.05) is 16.7 Å². The molecule has 0 bridgehead atoms. The molecule has 4 nitrogen and oxygen atoms in total. The summed E-state index contributed by atoms with van der Waals surface area (Å²) >= 11 is 6.09. The number of pyridine rings is 1. The van der Waals surface area contributed by atoms with Crippen LogP contribution in [0.1, 0.15) is 26.3 Å². The molecule has 21 heavy (non-hydrogen) atoms. The molecule has 0 fully saturated rings. The van der Waals surface area contributed by atoms with Gasteiger partial charge < -0.3 is 15.2 Å². The first kappa shape index (κ1) is 15.4. The van der Waals surface area contributed by atoms with E-state index in [9.17, 15) is 0 Å². The van der Waals surface area contributed by atoms with Gasteiger partial charge in [-0.05, 0) is 32.9 Å². The Hall–Kier alpha value is -1.94. The van der Waals surface area contributed by atoms with Crippen molar-refractivity contribution in [2.45, 2.75) is 33.0 Å². The summed E-state index contributed by atoms with van der Waals surface area (Å²) in [5, 5.41) is 0.666. The van der Waals surface area contributed by atoms with E-state index < -0.39 is 0 Å². The lowest BCUT2D eigenvalue weighted by molar-refractivity contribution is 0.123. The summed E-state index contributed by atoms with van der Waals surface area (Å²) in [7, 11) is 0. The molecule has 0 saturated heterocycles. The first-order chi connectivity index (χ1) is 9.85.